The Morgan fingerprint density at radius 3 is 2.58 bits per heavy atom. The molecular formula is C29H28N6O6S2. The number of para-hydroxylation sites is 1. The number of anilines is 1. The molecule has 0 saturated carbocycles. The van der Waals surface area contributed by atoms with Crippen LogP contribution in [0.4, 0.5) is 17.1 Å². The normalized spacial score (nSPS) is 17.7. The Hall–Kier alpha value is -4.40. The van der Waals surface area contributed by atoms with Crippen molar-refractivity contribution in [1.82, 2.24) is 9.29 Å². The minimum atomic E-state index is -4.10. The number of nitro groups is 2. The molecule has 0 amide bonds. The van der Waals surface area contributed by atoms with Gasteiger partial charge in [0.1, 0.15) is 4.90 Å². The summed E-state index contributed by atoms with van der Waals surface area (Å²) in [5.74, 6) is 0.130. The summed E-state index contributed by atoms with van der Waals surface area (Å²) in [5.41, 5.74) is 3.37. The van der Waals surface area contributed by atoms with E-state index >= 15 is 0 Å². The van der Waals surface area contributed by atoms with Crippen LogP contribution in [-0.4, -0.2) is 46.4 Å². The van der Waals surface area contributed by atoms with Gasteiger partial charge in [-0.2, -0.15) is 9.41 Å². The number of hydrazone groups is 1. The molecule has 43 heavy (non-hydrogen) atoms. The van der Waals surface area contributed by atoms with Gasteiger partial charge in [0.05, 0.1) is 32.2 Å². The number of non-ortho nitro benzene ring substituents is 1. The number of fused-ring (bicyclic) bond motifs is 1. The molecule has 1 saturated heterocycles. The van der Waals surface area contributed by atoms with E-state index in [1.807, 2.05) is 44.2 Å². The Morgan fingerprint density at radius 2 is 1.81 bits per heavy atom. The predicted octanol–water partition coefficient (Wildman–Crippen LogP) is 6.46. The van der Waals surface area contributed by atoms with Crippen molar-refractivity contribution < 1.29 is 18.3 Å². The highest BCUT2D eigenvalue weighted by atomic mass is 32.2. The van der Waals surface area contributed by atoms with Gasteiger partial charge in [-0.05, 0) is 49.9 Å². The number of nitrogens with one attached hydrogen (secondary N) is 1. The van der Waals surface area contributed by atoms with Crippen LogP contribution in [0, 0.1) is 26.1 Å². The fraction of sp³-hybridized carbons (Fsp3) is 0.241. The fourth-order valence-electron chi connectivity index (χ4n) is 4.99. The molecule has 222 valence electrons. The van der Waals surface area contributed by atoms with E-state index in [-0.39, 0.29) is 33.9 Å². The molecule has 12 nitrogen and oxygen atoms in total. The molecule has 5 rings (SSSR count). The van der Waals surface area contributed by atoms with Crippen molar-refractivity contribution in [3.63, 3.8) is 0 Å². The third-order valence-corrected chi connectivity index (χ3v) is 10.6. The van der Waals surface area contributed by atoms with Crippen molar-refractivity contribution >= 4 is 56.0 Å². The molecule has 3 aromatic carbocycles. The molecule has 0 radical (unpaired) electrons. The van der Waals surface area contributed by atoms with Gasteiger partial charge in [-0.25, -0.2) is 8.42 Å². The number of sulfonamides is 1. The molecule has 1 fully saturated rings. The maximum Gasteiger partial charge on any atom is 0.283 e. The third-order valence-electron chi connectivity index (χ3n) is 7.47. The van der Waals surface area contributed by atoms with Crippen molar-refractivity contribution in [3.8, 4) is 0 Å². The molecule has 1 aliphatic rings. The topological polar surface area (TPSA) is 161 Å². The summed E-state index contributed by atoms with van der Waals surface area (Å²) in [6, 6.07) is 17.3. The van der Waals surface area contributed by atoms with Gasteiger partial charge in [0.2, 0.25) is 10.0 Å². The van der Waals surface area contributed by atoms with Gasteiger partial charge >= 0.3 is 0 Å². The number of nitro benzene ring substituents is 2. The first kappa shape index (κ1) is 30.1. The summed E-state index contributed by atoms with van der Waals surface area (Å²) >= 11 is 1.23. The summed E-state index contributed by atoms with van der Waals surface area (Å²) in [6.45, 7) is 4.11. The number of rotatable bonds is 9. The molecule has 14 heteroatoms. The summed E-state index contributed by atoms with van der Waals surface area (Å²) in [7, 11) is -4.10. The lowest BCUT2D eigenvalue weighted by Gasteiger charge is -2.37. The largest absolute Gasteiger partial charge is 0.283 e. The fourth-order valence-corrected chi connectivity index (χ4v) is 7.94. The van der Waals surface area contributed by atoms with E-state index < -0.39 is 19.9 Å². The Labute approximate surface area is 252 Å². The lowest BCUT2D eigenvalue weighted by atomic mass is 9.94. The van der Waals surface area contributed by atoms with E-state index in [1.54, 1.807) is 18.3 Å². The molecule has 2 heterocycles. The van der Waals surface area contributed by atoms with E-state index in [0.29, 0.717) is 23.4 Å². The molecule has 2 atom stereocenters. The first-order valence-electron chi connectivity index (χ1n) is 13.5. The predicted molar refractivity (Wildman–Crippen MR) is 165 cm³/mol. The number of nitrogens with zero attached hydrogens (tertiary/aromatic N) is 5. The lowest BCUT2D eigenvalue weighted by Crippen LogP contribution is -2.46. The lowest BCUT2D eigenvalue weighted by molar-refractivity contribution is -0.387. The summed E-state index contributed by atoms with van der Waals surface area (Å²) in [6.07, 6.45) is 4.57. The smallest absolute Gasteiger partial charge is 0.277 e. The van der Waals surface area contributed by atoms with Crippen LogP contribution in [0.1, 0.15) is 32.3 Å². The Kier molecular flexibility index (Phi) is 8.71. The van der Waals surface area contributed by atoms with Crippen LogP contribution < -0.4 is 5.43 Å². The first-order valence-corrected chi connectivity index (χ1v) is 15.7. The van der Waals surface area contributed by atoms with E-state index in [0.717, 1.165) is 28.3 Å². The Bertz CT molecular complexity index is 1840. The van der Waals surface area contributed by atoms with E-state index in [9.17, 15) is 28.6 Å². The van der Waals surface area contributed by atoms with Crippen LogP contribution in [0.2, 0.25) is 0 Å². The van der Waals surface area contributed by atoms with Gasteiger partial charge in [-0.3, -0.25) is 30.6 Å². The highest BCUT2D eigenvalue weighted by Gasteiger charge is 2.36. The molecule has 0 unspecified atom stereocenters. The maximum atomic E-state index is 13.7. The number of pyridine rings is 1. The zero-order valence-electron chi connectivity index (χ0n) is 23.3. The van der Waals surface area contributed by atoms with E-state index in [1.165, 1.54) is 40.5 Å². The van der Waals surface area contributed by atoms with Gasteiger partial charge in [-0.1, -0.05) is 43.0 Å². The van der Waals surface area contributed by atoms with Crippen molar-refractivity contribution in [3.05, 3.63) is 98.7 Å². The second-order valence-electron chi connectivity index (χ2n) is 10.2. The minimum absolute atomic E-state index is 0.0532. The number of hydrogen-bond acceptors (Lipinski definition) is 10. The molecular weight excluding hydrogens is 592 g/mol. The zero-order chi connectivity index (χ0) is 30.7. The standard InChI is InChI=1S/C29H28N6O6S2/c1-19-6-5-15-33(20(19)2)43(40,41)28-17-23(34(36)37)11-12-24(28)32-31-18-21-10-13-26(25(16-21)35(38)39)42-27-9-3-7-22-8-4-14-30-29(22)27/h3-4,7-14,16-20,32H,5-6,15H2,1-2H3/b31-18-/t19-,20-/m1/s1. The molecule has 0 spiro atoms. The zero-order valence-corrected chi connectivity index (χ0v) is 24.9. The second kappa shape index (κ2) is 12.5. The van der Waals surface area contributed by atoms with Gasteiger partial charge in [0, 0.05) is 52.8 Å². The van der Waals surface area contributed by atoms with Gasteiger partial charge in [0.25, 0.3) is 11.4 Å². The van der Waals surface area contributed by atoms with Crippen LogP contribution in [-0.2, 0) is 10.0 Å². The van der Waals surface area contributed by atoms with E-state index in [4.69, 9.17) is 0 Å². The quantitative estimate of drug-likeness (QED) is 0.126. The summed E-state index contributed by atoms with van der Waals surface area (Å²) < 4.78 is 28.8. The van der Waals surface area contributed by atoms with Crippen molar-refractivity contribution in [2.24, 2.45) is 11.0 Å². The van der Waals surface area contributed by atoms with Crippen LogP contribution in [0.5, 0.6) is 0 Å². The summed E-state index contributed by atoms with van der Waals surface area (Å²) in [4.78, 5) is 27.6. The van der Waals surface area contributed by atoms with Crippen molar-refractivity contribution in [2.75, 3.05) is 12.0 Å². The highest BCUT2D eigenvalue weighted by Crippen LogP contribution is 2.38. The molecule has 0 aliphatic carbocycles. The first-order chi connectivity index (χ1) is 20.6. The van der Waals surface area contributed by atoms with Crippen LogP contribution in [0.25, 0.3) is 10.9 Å². The monoisotopic (exact) mass is 620 g/mol. The number of benzene rings is 3. The summed E-state index contributed by atoms with van der Waals surface area (Å²) in [5, 5.41) is 28.5. The van der Waals surface area contributed by atoms with Crippen LogP contribution >= 0.6 is 11.8 Å². The second-order valence-corrected chi connectivity index (χ2v) is 13.1. The van der Waals surface area contributed by atoms with Crippen molar-refractivity contribution in [1.29, 1.82) is 0 Å². The molecule has 1 aromatic heterocycles. The Morgan fingerprint density at radius 1 is 1.02 bits per heavy atom. The average molecular weight is 621 g/mol. The van der Waals surface area contributed by atoms with Gasteiger partial charge in [0.15, 0.2) is 0 Å². The minimum Gasteiger partial charge on any atom is -0.277 e. The van der Waals surface area contributed by atoms with Crippen LogP contribution in [0.3, 0.4) is 0 Å². The number of piperidine rings is 1. The molecule has 0 bridgehead atoms. The molecule has 4 aromatic rings. The molecule has 1 N–H and O–H groups in total. The van der Waals surface area contributed by atoms with Gasteiger partial charge in [-0.15, -0.1) is 0 Å². The van der Waals surface area contributed by atoms with E-state index in [2.05, 4.69) is 15.5 Å². The van der Waals surface area contributed by atoms with Gasteiger partial charge < -0.3 is 0 Å². The maximum absolute atomic E-state index is 13.7. The molecule has 1 aliphatic heterocycles. The third kappa shape index (κ3) is 6.35. The number of aromatic nitrogens is 1. The number of hydrogen-bond donors (Lipinski definition) is 1. The van der Waals surface area contributed by atoms with Crippen molar-refractivity contribution in [2.45, 2.75) is 47.4 Å². The highest BCUT2D eigenvalue weighted by molar-refractivity contribution is 7.99. The Balaban J connectivity index is 1.42. The average Bonchev–Trinajstić information content (AvgIpc) is 2.99. The SMILES string of the molecule is C[C@@H]1CCCN(S(=O)(=O)c2cc([N+](=O)[O-])ccc2N/N=C\c2ccc(Sc3cccc4cccnc34)c([N+](=O)[O-])c2)[C@@H]1C. The van der Waals surface area contributed by atoms with Crippen LogP contribution in [0.15, 0.2) is 92.7 Å².